The molecule has 0 saturated carbocycles. The van der Waals surface area contributed by atoms with Gasteiger partial charge in [-0.2, -0.15) is 0 Å². The zero-order valence-corrected chi connectivity index (χ0v) is 8.68. The Morgan fingerprint density at radius 3 is 2.79 bits per heavy atom. The van der Waals surface area contributed by atoms with Gasteiger partial charge in [0.15, 0.2) is 0 Å². The first kappa shape index (κ1) is 12.8. The maximum absolute atomic E-state index is 11.6. The monoisotopic (exact) mass is 217 g/mol. The van der Waals surface area contributed by atoms with Crippen molar-refractivity contribution in [1.29, 1.82) is 0 Å². The Balaban J connectivity index is 0.00000169. The zero-order valence-electron chi connectivity index (χ0n) is 7.87. The van der Waals surface area contributed by atoms with E-state index in [0.29, 0.717) is 12.9 Å². The van der Waals surface area contributed by atoms with Crippen LogP contribution in [-0.2, 0) is 0 Å². The molecule has 0 fully saturated rings. The van der Waals surface area contributed by atoms with Crippen molar-refractivity contribution in [2.45, 2.75) is 0 Å². The van der Waals surface area contributed by atoms with E-state index in [1.54, 1.807) is 7.11 Å². The Bertz CT molecular complexity index is 291. The van der Waals surface area contributed by atoms with Crippen LogP contribution in [0.15, 0.2) is 36.7 Å². The third kappa shape index (κ3) is 3.66. The fourth-order valence-electron chi connectivity index (χ4n) is 1.00. The summed E-state index contributed by atoms with van der Waals surface area (Å²) < 4.78 is 16.7. The molecule has 0 bridgehead atoms. The predicted molar refractivity (Wildman–Crippen MR) is 59.0 cm³/mol. The van der Waals surface area contributed by atoms with E-state index in [4.69, 9.17) is 4.74 Å². The van der Waals surface area contributed by atoms with Crippen LogP contribution in [0.5, 0.6) is 5.75 Å². The molecule has 2 nitrogen and oxygen atoms in total. The van der Waals surface area contributed by atoms with Crippen LogP contribution in [0.3, 0.4) is 0 Å². The number of rotatable bonds is 4. The van der Waals surface area contributed by atoms with Gasteiger partial charge in [0, 0.05) is 6.54 Å². The van der Waals surface area contributed by atoms with Crippen molar-refractivity contribution >= 4 is 18.1 Å². The summed E-state index contributed by atoms with van der Waals surface area (Å²) in [6.45, 7) is 0.455. The topological polar surface area (TPSA) is 21.3 Å². The Kier molecular flexibility index (Phi) is 6.58. The van der Waals surface area contributed by atoms with Crippen molar-refractivity contribution < 1.29 is 9.13 Å². The predicted octanol–water partition coefficient (Wildman–Crippen LogP) is 3.01. The highest BCUT2D eigenvalue weighted by molar-refractivity contribution is 5.85. The zero-order chi connectivity index (χ0) is 9.52. The largest absolute Gasteiger partial charge is 0.495 e. The second-order valence-corrected chi connectivity index (χ2v) is 2.44. The average molecular weight is 218 g/mol. The van der Waals surface area contributed by atoms with Gasteiger partial charge in [-0.25, -0.2) is 4.39 Å². The molecule has 0 atom stereocenters. The summed E-state index contributed by atoms with van der Waals surface area (Å²) in [5, 5.41) is 3.01. The van der Waals surface area contributed by atoms with E-state index in [9.17, 15) is 4.39 Å². The lowest BCUT2D eigenvalue weighted by Crippen LogP contribution is -1.99. The standard InChI is InChI=1S/C10H12FNO.ClH/c1-13-10-6-3-2-5-9(10)12-8-4-7-11;/h2-7,12H,8H2,1H3;1H. The molecule has 0 spiro atoms. The van der Waals surface area contributed by atoms with Crippen molar-refractivity contribution in [3.63, 3.8) is 0 Å². The van der Waals surface area contributed by atoms with E-state index < -0.39 is 0 Å². The van der Waals surface area contributed by atoms with Gasteiger partial charge in [-0.05, 0) is 18.2 Å². The highest BCUT2D eigenvalue weighted by atomic mass is 35.5. The number of hydrogen-bond acceptors (Lipinski definition) is 2. The second kappa shape index (κ2) is 7.21. The molecule has 0 aliphatic rings. The molecule has 0 saturated heterocycles. The highest BCUT2D eigenvalue weighted by Gasteiger charge is 1.97. The van der Waals surface area contributed by atoms with Crippen molar-refractivity contribution in [2.24, 2.45) is 0 Å². The minimum absolute atomic E-state index is 0. The molecule has 0 radical (unpaired) electrons. The van der Waals surface area contributed by atoms with Crippen molar-refractivity contribution in [1.82, 2.24) is 0 Å². The minimum Gasteiger partial charge on any atom is -0.495 e. The molecule has 0 aliphatic carbocycles. The molecule has 14 heavy (non-hydrogen) atoms. The van der Waals surface area contributed by atoms with Crippen LogP contribution in [0.25, 0.3) is 0 Å². The number of methoxy groups -OCH3 is 1. The number of anilines is 1. The summed E-state index contributed by atoms with van der Waals surface area (Å²) in [5.41, 5.74) is 0.864. The lowest BCUT2D eigenvalue weighted by molar-refractivity contribution is 0.416. The number of para-hydroxylation sites is 2. The summed E-state index contributed by atoms with van der Waals surface area (Å²) in [4.78, 5) is 0. The molecule has 78 valence electrons. The third-order valence-electron chi connectivity index (χ3n) is 1.61. The molecule has 1 N–H and O–H groups in total. The first-order chi connectivity index (χ1) is 6.38. The van der Waals surface area contributed by atoms with Crippen molar-refractivity contribution in [2.75, 3.05) is 19.0 Å². The van der Waals surface area contributed by atoms with Gasteiger partial charge >= 0.3 is 0 Å². The summed E-state index contributed by atoms with van der Waals surface area (Å²) >= 11 is 0. The van der Waals surface area contributed by atoms with E-state index >= 15 is 0 Å². The normalized spacial score (nSPS) is 9.57. The fraction of sp³-hybridized carbons (Fsp3) is 0.200. The van der Waals surface area contributed by atoms with E-state index in [1.807, 2.05) is 24.3 Å². The van der Waals surface area contributed by atoms with Gasteiger partial charge in [0.1, 0.15) is 5.75 Å². The Hall–Kier alpha value is -1.22. The molecule has 0 amide bonds. The number of halogens is 2. The molecule has 0 unspecified atom stereocenters. The van der Waals surface area contributed by atoms with Gasteiger partial charge in [-0.1, -0.05) is 12.1 Å². The second-order valence-electron chi connectivity index (χ2n) is 2.44. The van der Waals surface area contributed by atoms with Gasteiger partial charge in [-0.3, -0.25) is 0 Å². The lowest BCUT2D eigenvalue weighted by atomic mass is 10.3. The van der Waals surface area contributed by atoms with Crippen molar-refractivity contribution in [3.8, 4) is 5.75 Å². The maximum atomic E-state index is 11.6. The molecule has 0 aliphatic heterocycles. The van der Waals surface area contributed by atoms with Gasteiger partial charge < -0.3 is 10.1 Å². The van der Waals surface area contributed by atoms with Crippen LogP contribution >= 0.6 is 12.4 Å². The minimum atomic E-state index is 0. The fourth-order valence-corrected chi connectivity index (χ4v) is 1.00. The molecule has 1 aromatic rings. The van der Waals surface area contributed by atoms with E-state index in [-0.39, 0.29) is 12.4 Å². The van der Waals surface area contributed by atoms with Crippen LogP contribution in [0.2, 0.25) is 0 Å². The van der Waals surface area contributed by atoms with Gasteiger partial charge in [-0.15, -0.1) is 12.4 Å². The number of benzene rings is 1. The van der Waals surface area contributed by atoms with Gasteiger partial charge in [0.2, 0.25) is 0 Å². The first-order valence-electron chi connectivity index (χ1n) is 4.00. The van der Waals surface area contributed by atoms with E-state index in [1.165, 1.54) is 6.08 Å². The number of nitrogens with one attached hydrogen (secondary N) is 1. The summed E-state index contributed by atoms with van der Waals surface area (Å²) in [6, 6.07) is 7.51. The summed E-state index contributed by atoms with van der Waals surface area (Å²) in [7, 11) is 1.60. The highest BCUT2D eigenvalue weighted by Crippen LogP contribution is 2.22. The maximum Gasteiger partial charge on any atom is 0.141 e. The Morgan fingerprint density at radius 2 is 2.14 bits per heavy atom. The molecule has 0 aromatic heterocycles. The molecular formula is C10H13ClFNO. The third-order valence-corrected chi connectivity index (χ3v) is 1.61. The molecule has 0 heterocycles. The summed E-state index contributed by atoms with van der Waals surface area (Å²) in [6.07, 6.45) is 1.91. The van der Waals surface area contributed by atoms with Crippen LogP contribution in [0, 0.1) is 0 Å². The van der Waals surface area contributed by atoms with E-state index in [2.05, 4.69) is 5.32 Å². The summed E-state index contributed by atoms with van der Waals surface area (Å²) in [5.74, 6) is 0.759. The van der Waals surface area contributed by atoms with Gasteiger partial charge in [0.05, 0.1) is 19.1 Å². The van der Waals surface area contributed by atoms with E-state index in [0.717, 1.165) is 11.4 Å². The molecular weight excluding hydrogens is 205 g/mol. The SMILES string of the molecule is COc1ccccc1NCC=CF.Cl. The number of hydrogen-bond donors (Lipinski definition) is 1. The quantitative estimate of drug-likeness (QED) is 0.837. The van der Waals surface area contributed by atoms with Crippen LogP contribution < -0.4 is 10.1 Å². The molecule has 4 heteroatoms. The van der Waals surface area contributed by atoms with Gasteiger partial charge in [0.25, 0.3) is 0 Å². The van der Waals surface area contributed by atoms with Crippen molar-refractivity contribution in [3.05, 3.63) is 36.7 Å². The Labute approximate surface area is 89.2 Å². The smallest absolute Gasteiger partial charge is 0.141 e. The molecule has 1 rings (SSSR count). The Morgan fingerprint density at radius 1 is 1.43 bits per heavy atom. The first-order valence-corrected chi connectivity index (χ1v) is 4.00. The average Bonchev–Trinajstić information content (AvgIpc) is 2.19. The van der Waals surface area contributed by atoms with Crippen LogP contribution in [0.4, 0.5) is 10.1 Å². The van der Waals surface area contributed by atoms with Crippen LogP contribution in [-0.4, -0.2) is 13.7 Å². The molecule has 1 aromatic carbocycles. The van der Waals surface area contributed by atoms with Crippen LogP contribution in [0.1, 0.15) is 0 Å². The number of ether oxygens (including phenoxy) is 1. The lowest BCUT2D eigenvalue weighted by Gasteiger charge is -2.08.